The summed E-state index contributed by atoms with van der Waals surface area (Å²) in [5, 5.41) is 24.8. The number of phenolic OH excluding ortho intramolecular Hbond substituents is 2. The zero-order valence-electron chi connectivity index (χ0n) is 20.6. The first-order chi connectivity index (χ1) is 18.1. The number of benzene rings is 6. The van der Waals surface area contributed by atoms with Gasteiger partial charge in [-0.1, -0.05) is 91.9 Å². The van der Waals surface area contributed by atoms with Crippen LogP contribution in [0.1, 0.15) is 34.7 Å². The minimum atomic E-state index is -0.502. The van der Waals surface area contributed by atoms with Gasteiger partial charge in [0.1, 0.15) is 11.5 Å². The van der Waals surface area contributed by atoms with Gasteiger partial charge in [0.2, 0.25) is 0 Å². The molecule has 0 spiro atoms. The fraction of sp³-hybridized carbons (Fsp3) is 0.0857. The SMILES string of the molecule is CCc1c(O)ccc2cc(C3(c4ccc5cc(O)ccc5c4)c4ccccc4-c4ccccc43)ccc12. The van der Waals surface area contributed by atoms with Gasteiger partial charge in [-0.2, -0.15) is 0 Å². The molecule has 37 heavy (non-hydrogen) atoms. The number of fused-ring (bicyclic) bond motifs is 5. The summed E-state index contributed by atoms with van der Waals surface area (Å²) in [4.78, 5) is 0. The standard InChI is InChI=1S/C35H26O2/c1-2-28-29-17-15-26(20-24(29)13-18-34(28)37)35(25-14-11-23-21-27(36)16-12-22(23)19-25)32-9-5-3-7-30(32)31-8-4-6-10-33(31)35/h3-21,36-37H,2H2,1H3. The van der Waals surface area contributed by atoms with Crippen LogP contribution in [0.5, 0.6) is 11.5 Å². The smallest absolute Gasteiger partial charge is 0.119 e. The highest BCUT2D eigenvalue weighted by Gasteiger charge is 2.46. The molecule has 2 nitrogen and oxygen atoms in total. The molecule has 0 fully saturated rings. The Morgan fingerprint density at radius 1 is 0.568 bits per heavy atom. The first-order valence-corrected chi connectivity index (χ1v) is 12.8. The largest absolute Gasteiger partial charge is 0.508 e. The van der Waals surface area contributed by atoms with Crippen molar-refractivity contribution >= 4 is 21.5 Å². The fourth-order valence-corrected chi connectivity index (χ4v) is 6.48. The third kappa shape index (κ3) is 2.99. The average Bonchev–Trinajstić information content (AvgIpc) is 3.24. The molecule has 2 heteroatoms. The van der Waals surface area contributed by atoms with Crippen LogP contribution in [0.15, 0.2) is 115 Å². The predicted octanol–water partition coefficient (Wildman–Crippen LogP) is 8.33. The van der Waals surface area contributed by atoms with Crippen LogP contribution in [0.2, 0.25) is 0 Å². The molecule has 0 amide bonds. The predicted molar refractivity (Wildman–Crippen MR) is 151 cm³/mol. The van der Waals surface area contributed by atoms with Gasteiger partial charge in [-0.05, 0) is 91.7 Å². The van der Waals surface area contributed by atoms with Crippen molar-refractivity contribution in [3.63, 3.8) is 0 Å². The lowest BCUT2D eigenvalue weighted by Gasteiger charge is -2.34. The zero-order valence-corrected chi connectivity index (χ0v) is 20.6. The van der Waals surface area contributed by atoms with Crippen molar-refractivity contribution in [2.45, 2.75) is 18.8 Å². The van der Waals surface area contributed by atoms with Crippen LogP contribution in [0.25, 0.3) is 32.7 Å². The van der Waals surface area contributed by atoms with E-state index >= 15 is 0 Å². The van der Waals surface area contributed by atoms with E-state index in [0.29, 0.717) is 5.75 Å². The second-order valence-electron chi connectivity index (χ2n) is 9.94. The molecule has 0 atom stereocenters. The molecule has 0 aliphatic heterocycles. The van der Waals surface area contributed by atoms with E-state index in [-0.39, 0.29) is 5.75 Å². The number of rotatable bonds is 3. The number of phenols is 2. The van der Waals surface area contributed by atoms with E-state index in [4.69, 9.17) is 0 Å². The molecular weight excluding hydrogens is 452 g/mol. The highest BCUT2D eigenvalue weighted by atomic mass is 16.3. The average molecular weight is 479 g/mol. The van der Waals surface area contributed by atoms with Gasteiger partial charge in [0.25, 0.3) is 0 Å². The minimum absolute atomic E-state index is 0.274. The zero-order chi connectivity index (χ0) is 25.1. The van der Waals surface area contributed by atoms with E-state index in [0.717, 1.165) is 33.5 Å². The van der Waals surface area contributed by atoms with Crippen molar-refractivity contribution in [1.82, 2.24) is 0 Å². The lowest BCUT2D eigenvalue weighted by Crippen LogP contribution is -2.28. The number of aromatic hydroxyl groups is 2. The lowest BCUT2D eigenvalue weighted by molar-refractivity contribution is 0.470. The van der Waals surface area contributed by atoms with Gasteiger partial charge in [0, 0.05) is 5.56 Å². The molecule has 7 rings (SSSR count). The summed E-state index contributed by atoms with van der Waals surface area (Å²) in [6, 6.07) is 40.2. The molecule has 6 aromatic rings. The summed E-state index contributed by atoms with van der Waals surface area (Å²) in [5.74, 6) is 0.628. The van der Waals surface area contributed by atoms with Crippen molar-refractivity contribution in [2.75, 3.05) is 0 Å². The van der Waals surface area contributed by atoms with Crippen LogP contribution in [-0.2, 0) is 11.8 Å². The highest BCUT2D eigenvalue weighted by Crippen LogP contribution is 2.56. The number of hydrogen-bond donors (Lipinski definition) is 2. The van der Waals surface area contributed by atoms with Crippen molar-refractivity contribution < 1.29 is 10.2 Å². The van der Waals surface area contributed by atoms with E-state index in [1.807, 2.05) is 24.3 Å². The molecule has 0 saturated heterocycles. The van der Waals surface area contributed by atoms with Gasteiger partial charge in [-0.3, -0.25) is 0 Å². The number of aryl methyl sites for hydroxylation is 1. The maximum atomic E-state index is 10.5. The normalized spacial score (nSPS) is 13.5. The third-order valence-corrected chi connectivity index (χ3v) is 8.10. The molecule has 0 heterocycles. The van der Waals surface area contributed by atoms with Crippen molar-refractivity contribution in [2.24, 2.45) is 0 Å². The summed E-state index contributed by atoms with van der Waals surface area (Å²) in [5.41, 5.74) is 7.91. The van der Waals surface area contributed by atoms with Gasteiger partial charge in [-0.25, -0.2) is 0 Å². The molecule has 1 aliphatic carbocycles. The van der Waals surface area contributed by atoms with Gasteiger partial charge in [0.15, 0.2) is 0 Å². The Kier molecular flexibility index (Phi) is 4.68. The molecule has 6 aromatic carbocycles. The lowest BCUT2D eigenvalue weighted by atomic mass is 9.67. The molecule has 0 unspecified atom stereocenters. The van der Waals surface area contributed by atoms with Crippen LogP contribution in [0.4, 0.5) is 0 Å². The van der Waals surface area contributed by atoms with Crippen LogP contribution in [0.3, 0.4) is 0 Å². The maximum Gasteiger partial charge on any atom is 0.119 e. The Hall–Kier alpha value is -4.56. The van der Waals surface area contributed by atoms with E-state index in [1.54, 1.807) is 6.07 Å². The Bertz CT molecular complexity index is 1800. The van der Waals surface area contributed by atoms with Gasteiger partial charge in [0.05, 0.1) is 5.41 Å². The Labute approximate surface area is 216 Å². The Balaban J connectivity index is 1.61. The second-order valence-corrected chi connectivity index (χ2v) is 9.94. The molecule has 0 radical (unpaired) electrons. The topological polar surface area (TPSA) is 40.5 Å². The van der Waals surface area contributed by atoms with Gasteiger partial charge in [-0.15, -0.1) is 0 Å². The third-order valence-electron chi connectivity index (χ3n) is 8.10. The van der Waals surface area contributed by atoms with E-state index in [1.165, 1.54) is 33.4 Å². The molecular formula is C35H26O2. The van der Waals surface area contributed by atoms with Crippen molar-refractivity contribution in [3.05, 3.63) is 143 Å². The Morgan fingerprint density at radius 2 is 1.14 bits per heavy atom. The van der Waals surface area contributed by atoms with Crippen molar-refractivity contribution in [3.8, 4) is 22.6 Å². The monoisotopic (exact) mass is 478 g/mol. The van der Waals surface area contributed by atoms with Crippen molar-refractivity contribution in [1.29, 1.82) is 0 Å². The Morgan fingerprint density at radius 3 is 1.84 bits per heavy atom. The minimum Gasteiger partial charge on any atom is -0.508 e. The first kappa shape index (κ1) is 21.7. The summed E-state index contributed by atoms with van der Waals surface area (Å²) >= 11 is 0. The van der Waals surface area contributed by atoms with Crippen LogP contribution >= 0.6 is 0 Å². The quantitative estimate of drug-likeness (QED) is 0.268. The summed E-state index contributed by atoms with van der Waals surface area (Å²) in [6.45, 7) is 2.08. The van der Waals surface area contributed by atoms with Gasteiger partial charge < -0.3 is 10.2 Å². The maximum absolute atomic E-state index is 10.5. The molecule has 178 valence electrons. The molecule has 1 aliphatic rings. The summed E-state index contributed by atoms with van der Waals surface area (Å²) in [7, 11) is 0. The molecule has 0 bridgehead atoms. The highest BCUT2D eigenvalue weighted by molar-refractivity contribution is 5.93. The van der Waals surface area contributed by atoms with Crippen LogP contribution in [-0.4, -0.2) is 10.2 Å². The molecule has 0 aromatic heterocycles. The second kappa shape index (κ2) is 7.97. The van der Waals surface area contributed by atoms with E-state index in [2.05, 4.69) is 91.9 Å². The molecule has 2 N–H and O–H groups in total. The van der Waals surface area contributed by atoms with Crippen LogP contribution < -0.4 is 0 Å². The van der Waals surface area contributed by atoms with E-state index in [9.17, 15) is 10.2 Å². The van der Waals surface area contributed by atoms with Crippen LogP contribution in [0, 0.1) is 0 Å². The number of hydrogen-bond acceptors (Lipinski definition) is 2. The first-order valence-electron chi connectivity index (χ1n) is 12.8. The molecule has 0 saturated carbocycles. The summed E-state index contributed by atoms with van der Waals surface area (Å²) in [6.07, 6.45) is 0.775. The van der Waals surface area contributed by atoms with Gasteiger partial charge >= 0.3 is 0 Å². The fourth-order valence-electron chi connectivity index (χ4n) is 6.48. The summed E-state index contributed by atoms with van der Waals surface area (Å²) < 4.78 is 0. The van der Waals surface area contributed by atoms with E-state index < -0.39 is 5.41 Å².